The molecule has 0 amide bonds. The molecule has 0 aliphatic heterocycles. The molecule has 0 aliphatic rings. The Balaban J connectivity index is 2.59. The molecule has 96 valence electrons. The monoisotopic (exact) mass is 271 g/mol. The number of hydrogen-bond donors (Lipinski definition) is 0. The van der Waals surface area contributed by atoms with Crippen molar-refractivity contribution in [2.75, 3.05) is 0 Å². The highest BCUT2D eigenvalue weighted by molar-refractivity contribution is 6.36. The maximum absolute atomic E-state index is 11.0. The Kier molecular flexibility index (Phi) is 2.83. The molecule has 0 saturated heterocycles. The summed E-state index contributed by atoms with van der Waals surface area (Å²) in [7, 11) is 0. The van der Waals surface area contributed by atoms with E-state index in [1.807, 2.05) is 6.07 Å². The molecule has 0 bridgehead atoms. The minimum Gasteiger partial charge on any atom is -0.340 e. The van der Waals surface area contributed by atoms with Gasteiger partial charge in [0.15, 0.2) is 0 Å². The number of hydrogen-bond acceptors (Lipinski definition) is 1. The SMILES string of the molecule is CCn1c2ccc(C)cc2c2cc(C=O)cc(Cl)c21. The summed E-state index contributed by atoms with van der Waals surface area (Å²) in [4.78, 5) is 11.0. The molecule has 0 fully saturated rings. The largest absolute Gasteiger partial charge is 0.340 e. The van der Waals surface area contributed by atoms with Crippen molar-refractivity contribution in [2.45, 2.75) is 20.4 Å². The number of rotatable bonds is 2. The van der Waals surface area contributed by atoms with Crippen LogP contribution in [0.15, 0.2) is 30.3 Å². The number of aldehydes is 1. The lowest BCUT2D eigenvalue weighted by atomic mass is 10.1. The molecule has 0 atom stereocenters. The summed E-state index contributed by atoms with van der Waals surface area (Å²) in [5, 5.41) is 2.84. The number of nitrogens with zero attached hydrogens (tertiary/aromatic N) is 1. The van der Waals surface area contributed by atoms with Crippen LogP contribution in [-0.2, 0) is 6.54 Å². The summed E-state index contributed by atoms with van der Waals surface area (Å²) in [6.07, 6.45) is 0.843. The lowest BCUT2D eigenvalue weighted by Crippen LogP contribution is -1.94. The van der Waals surface area contributed by atoms with Gasteiger partial charge in [0.05, 0.1) is 10.5 Å². The minimum atomic E-state index is 0.620. The maximum atomic E-state index is 11.0. The summed E-state index contributed by atoms with van der Waals surface area (Å²) in [5.41, 5.74) is 3.99. The molecule has 3 rings (SSSR count). The van der Waals surface area contributed by atoms with Gasteiger partial charge in [-0.05, 0) is 38.1 Å². The maximum Gasteiger partial charge on any atom is 0.150 e. The van der Waals surface area contributed by atoms with Crippen LogP contribution in [-0.4, -0.2) is 10.9 Å². The van der Waals surface area contributed by atoms with Crippen LogP contribution in [0.3, 0.4) is 0 Å². The molecule has 19 heavy (non-hydrogen) atoms. The Labute approximate surface area is 116 Å². The predicted octanol–water partition coefficient (Wildman–Crippen LogP) is 4.59. The summed E-state index contributed by atoms with van der Waals surface area (Å²) in [5.74, 6) is 0. The van der Waals surface area contributed by atoms with Gasteiger partial charge < -0.3 is 4.57 Å². The minimum absolute atomic E-state index is 0.620. The molecule has 0 radical (unpaired) electrons. The van der Waals surface area contributed by atoms with Crippen molar-refractivity contribution in [3.8, 4) is 0 Å². The van der Waals surface area contributed by atoms with Gasteiger partial charge >= 0.3 is 0 Å². The lowest BCUT2D eigenvalue weighted by molar-refractivity contribution is 0.112. The second-order valence-corrected chi connectivity index (χ2v) is 5.19. The van der Waals surface area contributed by atoms with E-state index in [4.69, 9.17) is 11.6 Å². The van der Waals surface area contributed by atoms with E-state index < -0.39 is 0 Å². The predicted molar refractivity (Wildman–Crippen MR) is 80.3 cm³/mol. The van der Waals surface area contributed by atoms with Gasteiger partial charge in [0, 0.05) is 28.4 Å². The molecule has 3 aromatic rings. The fraction of sp³-hybridized carbons (Fsp3) is 0.188. The van der Waals surface area contributed by atoms with Crippen molar-refractivity contribution < 1.29 is 4.79 Å². The Morgan fingerprint density at radius 2 is 2.00 bits per heavy atom. The first-order valence-corrected chi connectivity index (χ1v) is 6.70. The molecule has 2 aromatic carbocycles. The molecule has 0 unspecified atom stereocenters. The van der Waals surface area contributed by atoms with Crippen LogP contribution in [0.25, 0.3) is 21.8 Å². The molecule has 0 saturated carbocycles. The summed E-state index contributed by atoms with van der Waals surface area (Å²) in [6, 6.07) is 10.0. The smallest absolute Gasteiger partial charge is 0.150 e. The van der Waals surface area contributed by atoms with Crippen LogP contribution in [0.2, 0.25) is 5.02 Å². The number of carbonyl (C=O) groups excluding carboxylic acids is 1. The highest BCUT2D eigenvalue weighted by atomic mass is 35.5. The molecule has 1 heterocycles. The zero-order valence-electron chi connectivity index (χ0n) is 10.9. The summed E-state index contributed by atoms with van der Waals surface area (Å²) >= 11 is 6.36. The lowest BCUT2D eigenvalue weighted by Gasteiger charge is -2.04. The van der Waals surface area contributed by atoms with Crippen LogP contribution in [0.1, 0.15) is 22.8 Å². The van der Waals surface area contributed by atoms with Crippen molar-refractivity contribution in [2.24, 2.45) is 0 Å². The van der Waals surface area contributed by atoms with Crippen molar-refractivity contribution in [3.05, 3.63) is 46.5 Å². The van der Waals surface area contributed by atoms with Crippen molar-refractivity contribution in [3.63, 3.8) is 0 Å². The van der Waals surface area contributed by atoms with Crippen LogP contribution < -0.4 is 0 Å². The van der Waals surface area contributed by atoms with Gasteiger partial charge in [-0.15, -0.1) is 0 Å². The van der Waals surface area contributed by atoms with Crippen LogP contribution in [0, 0.1) is 6.92 Å². The second-order valence-electron chi connectivity index (χ2n) is 4.78. The van der Waals surface area contributed by atoms with Gasteiger partial charge in [0.1, 0.15) is 6.29 Å². The standard InChI is InChI=1S/C16H14ClNO/c1-3-18-15-5-4-10(2)6-12(15)13-7-11(9-19)8-14(17)16(13)18/h4-9H,3H2,1-2H3. The Hall–Kier alpha value is -1.80. The van der Waals surface area contributed by atoms with E-state index in [1.165, 1.54) is 5.56 Å². The number of fused-ring (bicyclic) bond motifs is 3. The van der Waals surface area contributed by atoms with Crippen LogP contribution in [0.4, 0.5) is 0 Å². The van der Waals surface area contributed by atoms with Gasteiger partial charge in [-0.3, -0.25) is 4.79 Å². The van der Waals surface area contributed by atoms with E-state index in [0.717, 1.165) is 34.6 Å². The molecule has 1 aromatic heterocycles. The molecule has 0 aliphatic carbocycles. The van der Waals surface area contributed by atoms with Gasteiger partial charge in [-0.2, -0.15) is 0 Å². The Bertz CT molecular complexity index is 801. The van der Waals surface area contributed by atoms with Gasteiger partial charge in [0.2, 0.25) is 0 Å². The average Bonchev–Trinajstić information content (AvgIpc) is 2.72. The summed E-state index contributed by atoms with van der Waals surface area (Å²) in [6.45, 7) is 5.02. The quantitative estimate of drug-likeness (QED) is 0.625. The van der Waals surface area contributed by atoms with Crippen molar-refractivity contribution in [1.29, 1.82) is 0 Å². The van der Waals surface area contributed by atoms with Gasteiger partial charge in [-0.25, -0.2) is 0 Å². The third-order valence-electron chi connectivity index (χ3n) is 3.54. The van der Waals surface area contributed by atoms with E-state index in [1.54, 1.807) is 6.07 Å². The van der Waals surface area contributed by atoms with Crippen molar-refractivity contribution >= 4 is 39.7 Å². The molecule has 0 N–H and O–H groups in total. The number of halogens is 1. The third-order valence-corrected chi connectivity index (χ3v) is 3.83. The topological polar surface area (TPSA) is 22.0 Å². The number of carbonyl (C=O) groups is 1. The molecular formula is C16H14ClNO. The van der Waals surface area contributed by atoms with E-state index in [0.29, 0.717) is 10.6 Å². The molecule has 2 nitrogen and oxygen atoms in total. The van der Waals surface area contributed by atoms with Crippen LogP contribution >= 0.6 is 11.6 Å². The van der Waals surface area contributed by atoms with E-state index in [-0.39, 0.29) is 0 Å². The summed E-state index contributed by atoms with van der Waals surface area (Å²) < 4.78 is 2.20. The highest BCUT2D eigenvalue weighted by Crippen LogP contribution is 2.34. The fourth-order valence-electron chi connectivity index (χ4n) is 2.72. The first-order chi connectivity index (χ1) is 9.15. The normalized spacial score (nSPS) is 11.3. The molecular weight excluding hydrogens is 258 g/mol. The van der Waals surface area contributed by atoms with E-state index in [9.17, 15) is 4.79 Å². The van der Waals surface area contributed by atoms with Crippen molar-refractivity contribution in [1.82, 2.24) is 4.57 Å². The number of aromatic nitrogens is 1. The second kappa shape index (κ2) is 4.39. The molecule has 3 heteroatoms. The van der Waals surface area contributed by atoms with E-state index >= 15 is 0 Å². The highest BCUT2D eigenvalue weighted by Gasteiger charge is 2.13. The third kappa shape index (κ3) is 1.75. The zero-order valence-corrected chi connectivity index (χ0v) is 11.7. The zero-order chi connectivity index (χ0) is 13.6. The number of aryl methyl sites for hydroxylation is 2. The van der Waals surface area contributed by atoms with Crippen LogP contribution in [0.5, 0.6) is 0 Å². The van der Waals surface area contributed by atoms with Gasteiger partial charge in [0.25, 0.3) is 0 Å². The number of benzene rings is 2. The first kappa shape index (κ1) is 12.2. The Morgan fingerprint density at radius 3 is 2.68 bits per heavy atom. The average molecular weight is 272 g/mol. The Morgan fingerprint density at radius 1 is 1.21 bits per heavy atom. The molecule has 0 spiro atoms. The van der Waals surface area contributed by atoms with Gasteiger partial charge in [-0.1, -0.05) is 23.2 Å². The van der Waals surface area contributed by atoms with E-state index in [2.05, 4.69) is 36.6 Å². The first-order valence-electron chi connectivity index (χ1n) is 6.33. The fourth-order valence-corrected chi connectivity index (χ4v) is 3.05.